The van der Waals surface area contributed by atoms with Crippen molar-refractivity contribution < 1.29 is 9.59 Å². The van der Waals surface area contributed by atoms with Crippen LogP contribution in [-0.2, 0) is 16.0 Å². The molecule has 0 amide bonds. The molecule has 3 nitrogen and oxygen atoms in total. The van der Waals surface area contributed by atoms with Gasteiger partial charge >= 0.3 is 0 Å². The lowest BCUT2D eigenvalue weighted by atomic mass is 9.76. The molecule has 1 aromatic heterocycles. The first-order valence-electron chi connectivity index (χ1n) is 8.30. The molecule has 0 aliphatic heterocycles. The molecule has 1 saturated carbocycles. The van der Waals surface area contributed by atoms with E-state index in [1.54, 1.807) is 0 Å². The maximum absolute atomic E-state index is 13.0. The van der Waals surface area contributed by atoms with Gasteiger partial charge in [0.2, 0.25) is 0 Å². The van der Waals surface area contributed by atoms with Crippen LogP contribution >= 0.6 is 0 Å². The van der Waals surface area contributed by atoms with E-state index in [1.165, 1.54) is 0 Å². The van der Waals surface area contributed by atoms with Crippen LogP contribution in [0, 0.1) is 12.8 Å². The van der Waals surface area contributed by atoms with Crippen LogP contribution in [0.25, 0.3) is 0 Å². The smallest absolute Gasteiger partial charge is 0.190 e. The Morgan fingerprint density at radius 1 is 1.04 bits per heavy atom. The lowest BCUT2D eigenvalue weighted by molar-refractivity contribution is -0.117. The molecule has 4 rings (SSSR count). The average Bonchev–Trinajstić information content (AvgIpc) is 3.39. The van der Waals surface area contributed by atoms with Crippen molar-refractivity contribution in [2.75, 3.05) is 0 Å². The number of pyridine rings is 1. The van der Waals surface area contributed by atoms with Crippen molar-refractivity contribution in [2.45, 2.75) is 39.0 Å². The third-order valence-electron chi connectivity index (χ3n) is 4.80. The second kappa shape index (κ2) is 5.41. The Bertz CT molecular complexity index is 789. The van der Waals surface area contributed by atoms with E-state index in [-0.39, 0.29) is 17.5 Å². The quantitative estimate of drug-likeness (QED) is 0.859. The van der Waals surface area contributed by atoms with Crippen LogP contribution in [0.5, 0.6) is 0 Å². The Morgan fingerprint density at radius 2 is 1.74 bits per heavy atom. The van der Waals surface area contributed by atoms with Gasteiger partial charge in [0.05, 0.1) is 0 Å². The maximum atomic E-state index is 13.0. The van der Waals surface area contributed by atoms with Gasteiger partial charge in [-0.05, 0) is 50.2 Å². The van der Waals surface area contributed by atoms with Gasteiger partial charge in [0.25, 0.3) is 0 Å². The zero-order valence-corrected chi connectivity index (χ0v) is 13.3. The van der Waals surface area contributed by atoms with Crippen molar-refractivity contribution in [3.8, 4) is 0 Å². The van der Waals surface area contributed by atoms with Gasteiger partial charge in [-0.1, -0.05) is 18.2 Å². The molecular formula is C20H19NO2. The highest BCUT2D eigenvalue weighted by molar-refractivity contribution is 6.30. The van der Waals surface area contributed by atoms with E-state index in [9.17, 15) is 9.59 Å². The highest BCUT2D eigenvalue weighted by atomic mass is 16.1. The molecule has 0 aromatic carbocycles. The molecule has 3 aliphatic carbocycles. The first-order chi connectivity index (χ1) is 11.1. The van der Waals surface area contributed by atoms with Crippen LogP contribution in [0.2, 0.25) is 0 Å². The van der Waals surface area contributed by atoms with Gasteiger partial charge in [-0.25, -0.2) is 0 Å². The number of rotatable bonds is 3. The zero-order chi connectivity index (χ0) is 16.0. The van der Waals surface area contributed by atoms with Crippen molar-refractivity contribution in [2.24, 2.45) is 5.92 Å². The van der Waals surface area contributed by atoms with Gasteiger partial charge in [0, 0.05) is 40.6 Å². The van der Waals surface area contributed by atoms with Crippen molar-refractivity contribution in [1.29, 1.82) is 0 Å². The van der Waals surface area contributed by atoms with E-state index < -0.39 is 0 Å². The van der Waals surface area contributed by atoms with Crippen LogP contribution in [0.1, 0.15) is 36.9 Å². The van der Waals surface area contributed by atoms with E-state index in [4.69, 9.17) is 0 Å². The van der Waals surface area contributed by atoms with E-state index >= 15 is 0 Å². The van der Waals surface area contributed by atoms with Crippen LogP contribution in [0.15, 0.2) is 52.8 Å². The number of hydrogen-bond acceptors (Lipinski definition) is 3. The Balaban J connectivity index is 1.79. The summed E-state index contributed by atoms with van der Waals surface area (Å²) in [6.07, 6.45) is 9.88. The molecule has 0 unspecified atom stereocenters. The second-order valence-corrected chi connectivity index (χ2v) is 6.64. The Morgan fingerprint density at radius 3 is 2.35 bits per heavy atom. The number of nitrogens with zero attached hydrogens (tertiary/aromatic N) is 1. The molecule has 0 radical (unpaired) electrons. The largest absolute Gasteiger partial charge is 0.289 e. The summed E-state index contributed by atoms with van der Waals surface area (Å²) in [4.78, 5) is 30.3. The predicted molar refractivity (Wildman–Crippen MR) is 87.8 cm³/mol. The van der Waals surface area contributed by atoms with Crippen molar-refractivity contribution in [3.05, 3.63) is 64.0 Å². The minimum atomic E-state index is 0.0415. The molecule has 23 heavy (non-hydrogen) atoms. The number of fused-ring (bicyclic) bond motifs is 1. The van der Waals surface area contributed by atoms with Crippen molar-refractivity contribution in [3.63, 3.8) is 0 Å². The number of aryl methyl sites for hydroxylation is 1. The Kier molecular flexibility index (Phi) is 3.37. The molecule has 0 N–H and O–H groups in total. The fourth-order valence-electron chi connectivity index (χ4n) is 3.44. The monoisotopic (exact) mass is 305 g/mol. The SMILES string of the molecule is Cc1ccc(CC2=C(C3CC3)C(=O)C3=CCCC=C3C2=O)nc1. The summed E-state index contributed by atoms with van der Waals surface area (Å²) < 4.78 is 0. The molecule has 1 aromatic rings. The van der Waals surface area contributed by atoms with E-state index in [1.807, 2.05) is 37.4 Å². The molecule has 116 valence electrons. The Hall–Kier alpha value is -2.29. The van der Waals surface area contributed by atoms with Gasteiger partial charge in [-0.3, -0.25) is 14.6 Å². The van der Waals surface area contributed by atoms with Gasteiger partial charge in [0.15, 0.2) is 11.6 Å². The van der Waals surface area contributed by atoms with Crippen LogP contribution in [0.4, 0.5) is 0 Å². The number of Topliss-reactive ketones (excluding diaryl/α,β-unsaturated/α-hetero) is 2. The third kappa shape index (κ3) is 2.50. The molecule has 0 atom stereocenters. The van der Waals surface area contributed by atoms with Gasteiger partial charge in [0.1, 0.15) is 0 Å². The fraction of sp³-hybridized carbons (Fsp3) is 0.350. The van der Waals surface area contributed by atoms with Crippen LogP contribution < -0.4 is 0 Å². The number of allylic oxidation sites excluding steroid dienone is 6. The predicted octanol–water partition coefficient (Wildman–Crippen LogP) is 3.44. The highest BCUT2D eigenvalue weighted by Crippen LogP contribution is 2.44. The summed E-state index contributed by atoms with van der Waals surface area (Å²) in [6, 6.07) is 3.95. The lowest BCUT2D eigenvalue weighted by Crippen LogP contribution is -2.28. The van der Waals surface area contributed by atoms with Gasteiger partial charge in [-0.2, -0.15) is 0 Å². The second-order valence-electron chi connectivity index (χ2n) is 6.64. The van der Waals surface area contributed by atoms with Crippen LogP contribution in [0.3, 0.4) is 0 Å². The zero-order valence-electron chi connectivity index (χ0n) is 13.3. The number of carbonyl (C=O) groups excluding carboxylic acids is 2. The summed E-state index contributed by atoms with van der Waals surface area (Å²) in [7, 11) is 0. The summed E-state index contributed by atoms with van der Waals surface area (Å²) in [5.41, 5.74) is 4.66. The van der Waals surface area contributed by atoms with Crippen LogP contribution in [-0.4, -0.2) is 16.6 Å². The van der Waals surface area contributed by atoms with Gasteiger partial charge < -0.3 is 0 Å². The summed E-state index contributed by atoms with van der Waals surface area (Å²) in [5, 5.41) is 0. The first kappa shape index (κ1) is 14.3. The van der Waals surface area contributed by atoms with Crippen molar-refractivity contribution >= 4 is 11.6 Å². The summed E-state index contributed by atoms with van der Waals surface area (Å²) >= 11 is 0. The minimum Gasteiger partial charge on any atom is -0.289 e. The fourth-order valence-corrected chi connectivity index (χ4v) is 3.44. The summed E-state index contributed by atoms with van der Waals surface area (Å²) in [6.45, 7) is 1.99. The molecular weight excluding hydrogens is 286 g/mol. The lowest BCUT2D eigenvalue weighted by Gasteiger charge is -2.25. The molecule has 3 aliphatic rings. The number of hydrogen-bond donors (Lipinski definition) is 0. The highest BCUT2D eigenvalue weighted by Gasteiger charge is 2.41. The standard InChI is InChI=1S/C20H19NO2/c1-12-6-9-14(21-11-12)10-17-18(13-7-8-13)20(23)16-5-3-2-4-15(16)19(17)22/h4-6,9,11,13H,2-3,7-8,10H2,1H3. The first-order valence-corrected chi connectivity index (χ1v) is 8.30. The molecule has 1 heterocycles. The topological polar surface area (TPSA) is 47.0 Å². The Labute approximate surface area is 135 Å². The number of aromatic nitrogens is 1. The summed E-state index contributed by atoms with van der Waals surface area (Å²) in [5.74, 6) is 0.399. The van der Waals surface area contributed by atoms with Crippen molar-refractivity contribution in [1.82, 2.24) is 4.98 Å². The molecule has 1 fully saturated rings. The molecule has 3 heteroatoms. The average molecular weight is 305 g/mol. The maximum Gasteiger partial charge on any atom is 0.190 e. The van der Waals surface area contributed by atoms with E-state index in [0.29, 0.717) is 23.1 Å². The van der Waals surface area contributed by atoms with E-state index in [0.717, 1.165) is 42.5 Å². The minimum absolute atomic E-state index is 0.0415. The molecule has 0 bridgehead atoms. The number of carbonyl (C=O) groups is 2. The van der Waals surface area contributed by atoms with E-state index in [2.05, 4.69) is 4.98 Å². The normalized spacial score (nSPS) is 21.1. The third-order valence-corrected chi connectivity index (χ3v) is 4.80. The number of ketones is 2. The molecule has 0 saturated heterocycles. The molecule has 0 spiro atoms. The van der Waals surface area contributed by atoms with Gasteiger partial charge in [-0.15, -0.1) is 0 Å².